The molecule has 1 amide bonds. The molecule has 4 heteroatoms. The normalized spacial score (nSPS) is 24.8. The van der Waals surface area contributed by atoms with Gasteiger partial charge in [0.2, 0.25) is 5.91 Å². The van der Waals surface area contributed by atoms with Crippen molar-refractivity contribution in [2.24, 2.45) is 11.8 Å². The molecule has 1 aromatic carbocycles. The Balaban J connectivity index is 2.11. The Labute approximate surface area is 107 Å². The minimum Gasteiger partial charge on any atom is -0.389 e. The van der Waals surface area contributed by atoms with Gasteiger partial charge in [-0.3, -0.25) is 4.79 Å². The molecule has 1 fully saturated rings. The Morgan fingerprint density at radius 3 is 2.78 bits per heavy atom. The number of carbonyl (C=O) groups is 1. The van der Waals surface area contributed by atoms with Gasteiger partial charge in [-0.2, -0.15) is 0 Å². The highest BCUT2D eigenvalue weighted by molar-refractivity contribution is 5.93. The van der Waals surface area contributed by atoms with Crippen LogP contribution in [-0.2, 0) is 4.79 Å². The van der Waals surface area contributed by atoms with E-state index in [1.54, 1.807) is 6.92 Å². The Kier molecular flexibility index (Phi) is 3.99. The van der Waals surface area contributed by atoms with Gasteiger partial charge in [-0.1, -0.05) is 25.1 Å². The van der Waals surface area contributed by atoms with E-state index in [1.165, 1.54) is 0 Å². The zero-order valence-corrected chi connectivity index (χ0v) is 10.8. The Bertz CT molecular complexity index is 432. The maximum absolute atomic E-state index is 12.2. The van der Waals surface area contributed by atoms with Gasteiger partial charge in [0.05, 0.1) is 12.0 Å². The third-order valence-electron chi connectivity index (χ3n) is 3.52. The number of aliphatic hydroxyl groups excluding tert-OH is 1. The van der Waals surface area contributed by atoms with E-state index in [9.17, 15) is 9.90 Å². The molecule has 0 spiro atoms. The number of hydrogen-bond acceptors (Lipinski definition) is 3. The molecule has 1 heterocycles. The van der Waals surface area contributed by atoms with Crippen LogP contribution in [0.2, 0.25) is 0 Å². The average Bonchev–Trinajstić information content (AvgIpc) is 2.76. The van der Waals surface area contributed by atoms with E-state index in [4.69, 9.17) is 0 Å². The highest BCUT2D eigenvalue weighted by Gasteiger charge is 2.29. The Hall–Kier alpha value is -1.39. The number of carbonyl (C=O) groups excluding carboxylic acids is 1. The third-order valence-corrected chi connectivity index (χ3v) is 3.52. The molecule has 3 atom stereocenters. The van der Waals surface area contributed by atoms with E-state index in [0.29, 0.717) is 11.6 Å². The number of para-hydroxylation sites is 1. The second-order valence-corrected chi connectivity index (χ2v) is 4.99. The van der Waals surface area contributed by atoms with Gasteiger partial charge >= 0.3 is 0 Å². The quantitative estimate of drug-likeness (QED) is 0.760. The fourth-order valence-electron chi connectivity index (χ4n) is 2.36. The zero-order chi connectivity index (χ0) is 13.1. The third kappa shape index (κ3) is 2.71. The van der Waals surface area contributed by atoms with E-state index in [-0.39, 0.29) is 11.8 Å². The monoisotopic (exact) mass is 248 g/mol. The lowest BCUT2D eigenvalue weighted by molar-refractivity contribution is -0.120. The van der Waals surface area contributed by atoms with Crippen LogP contribution in [0.25, 0.3) is 0 Å². The van der Waals surface area contributed by atoms with Crippen LogP contribution < -0.4 is 10.6 Å². The lowest BCUT2D eigenvalue weighted by Crippen LogP contribution is -2.28. The maximum atomic E-state index is 12.2. The fourth-order valence-corrected chi connectivity index (χ4v) is 2.36. The molecule has 4 nitrogen and oxygen atoms in total. The SMILES string of the molecule is CC(O)c1ccccc1NC(=O)C1CNCC1C. The van der Waals surface area contributed by atoms with Crippen molar-refractivity contribution >= 4 is 11.6 Å². The van der Waals surface area contributed by atoms with E-state index in [0.717, 1.165) is 18.7 Å². The molecule has 0 aromatic heterocycles. The largest absolute Gasteiger partial charge is 0.389 e. The van der Waals surface area contributed by atoms with E-state index in [2.05, 4.69) is 17.6 Å². The predicted octanol–water partition coefficient (Wildman–Crippen LogP) is 1.53. The minimum absolute atomic E-state index is 0.00653. The van der Waals surface area contributed by atoms with Crippen LogP contribution in [0.15, 0.2) is 24.3 Å². The number of nitrogens with one attached hydrogen (secondary N) is 2. The lowest BCUT2D eigenvalue weighted by Gasteiger charge is -2.17. The van der Waals surface area contributed by atoms with Gasteiger partial charge < -0.3 is 15.7 Å². The summed E-state index contributed by atoms with van der Waals surface area (Å²) in [4.78, 5) is 12.2. The number of aliphatic hydroxyl groups is 1. The minimum atomic E-state index is -0.583. The van der Waals surface area contributed by atoms with Crippen LogP contribution >= 0.6 is 0 Å². The first-order valence-corrected chi connectivity index (χ1v) is 6.38. The summed E-state index contributed by atoms with van der Waals surface area (Å²) in [7, 11) is 0. The van der Waals surface area contributed by atoms with Crippen molar-refractivity contribution in [2.45, 2.75) is 20.0 Å². The lowest BCUT2D eigenvalue weighted by atomic mass is 9.97. The molecule has 0 saturated carbocycles. The van der Waals surface area contributed by atoms with Gasteiger partial charge in [-0.05, 0) is 25.5 Å². The summed E-state index contributed by atoms with van der Waals surface area (Å²) in [6, 6.07) is 7.37. The molecule has 1 aliphatic rings. The summed E-state index contributed by atoms with van der Waals surface area (Å²) >= 11 is 0. The zero-order valence-electron chi connectivity index (χ0n) is 10.8. The highest BCUT2D eigenvalue weighted by atomic mass is 16.3. The second kappa shape index (κ2) is 5.50. The molecule has 1 aromatic rings. The van der Waals surface area contributed by atoms with Crippen molar-refractivity contribution in [3.63, 3.8) is 0 Å². The summed E-state index contributed by atoms with van der Waals surface area (Å²) in [5, 5.41) is 15.8. The van der Waals surface area contributed by atoms with Gasteiger partial charge in [-0.15, -0.1) is 0 Å². The first-order chi connectivity index (χ1) is 8.59. The first-order valence-electron chi connectivity index (χ1n) is 6.38. The summed E-state index contributed by atoms with van der Waals surface area (Å²) < 4.78 is 0. The predicted molar refractivity (Wildman–Crippen MR) is 71.2 cm³/mol. The molecule has 98 valence electrons. The molecular formula is C14H20N2O2. The molecule has 0 bridgehead atoms. The first kappa shape index (κ1) is 13.1. The van der Waals surface area contributed by atoms with Crippen molar-refractivity contribution in [3.05, 3.63) is 29.8 Å². The topological polar surface area (TPSA) is 61.4 Å². The summed E-state index contributed by atoms with van der Waals surface area (Å²) in [6.45, 7) is 5.38. The number of benzene rings is 1. The molecule has 0 radical (unpaired) electrons. The molecular weight excluding hydrogens is 228 g/mol. The van der Waals surface area contributed by atoms with Gasteiger partial charge in [0, 0.05) is 17.8 Å². The second-order valence-electron chi connectivity index (χ2n) is 4.99. The van der Waals surface area contributed by atoms with Crippen molar-refractivity contribution in [1.29, 1.82) is 0 Å². The highest BCUT2D eigenvalue weighted by Crippen LogP contribution is 2.24. The van der Waals surface area contributed by atoms with Crippen molar-refractivity contribution < 1.29 is 9.90 Å². The Morgan fingerprint density at radius 2 is 2.17 bits per heavy atom. The Morgan fingerprint density at radius 1 is 1.44 bits per heavy atom. The van der Waals surface area contributed by atoms with Crippen LogP contribution in [0.3, 0.4) is 0 Å². The van der Waals surface area contributed by atoms with Crippen LogP contribution in [0.4, 0.5) is 5.69 Å². The van der Waals surface area contributed by atoms with Gasteiger partial charge in [0.25, 0.3) is 0 Å². The number of hydrogen-bond donors (Lipinski definition) is 3. The van der Waals surface area contributed by atoms with E-state index in [1.807, 2.05) is 24.3 Å². The van der Waals surface area contributed by atoms with E-state index < -0.39 is 6.10 Å². The molecule has 1 aliphatic heterocycles. The summed E-state index contributed by atoms with van der Waals surface area (Å²) in [5.41, 5.74) is 1.46. The maximum Gasteiger partial charge on any atom is 0.229 e. The average molecular weight is 248 g/mol. The van der Waals surface area contributed by atoms with Crippen molar-refractivity contribution in [2.75, 3.05) is 18.4 Å². The van der Waals surface area contributed by atoms with Gasteiger partial charge in [0.1, 0.15) is 0 Å². The molecule has 3 N–H and O–H groups in total. The van der Waals surface area contributed by atoms with Crippen LogP contribution in [0.1, 0.15) is 25.5 Å². The molecule has 0 aliphatic carbocycles. The van der Waals surface area contributed by atoms with E-state index >= 15 is 0 Å². The smallest absolute Gasteiger partial charge is 0.229 e. The number of rotatable bonds is 3. The fraction of sp³-hybridized carbons (Fsp3) is 0.500. The standard InChI is InChI=1S/C14H20N2O2/c1-9-7-15-8-12(9)14(18)16-13-6-4-3-5-11(13)10(2)17/h3-6,9-10,12,15,17H,7-8H2,1-2H3,(H,16,18). The number of amides is 1. The molecule has 18 heavy (non-hydrogen) atoms. The summed E-state index contributed by atoms with van der Waals surface area (Å²) in [6.07, 6.45) is -0.583. The summed E-state index contributed by atoms with van der Waals surface area (Å²) in [5.74, 6) is 0.386. The van der Waals surface area contributed by atoms with Crippen LogP contribution in [0.5, 0.6) is 0 Å². The molecule has 3 unspecified atom stereocenters. The van der Waals surface area contributed by atoms with Gasteiger partial charge in [-0.25, -0.2) is 0 Å². The molecule has 2 rings (SSSR count). The van der Waals surface area contributed by atoms with Crippen molar-refractivity contribution in [1.82, 2.24) is 5.32 Å². The van der Waals surface area contributed by atoms with Crippen molar-refractivity contribution in [3.8, 4) is 0 Å². The number of anilines is 1. The van der Waals surface area contributed by atoms with Gasteiger partial charge in [0.15, 0.2) is 0 Å². The molecule has 1 saturated heterocycles. The van der Waals surface area contributed by atoms with Crippen LogP contribution in [0, 0.1) is 11.8 Å². The van der Waals surface area contributed by atoms with Crippen LogP contribution in [-0.4, -0.2) is 24.1 Å².